The van der Waals surface area contributed by atoms with Crippen LogP contribution in [0.5, 0.6) is 0 Å². The summed E-state index contributed by atoms with van der Waals surface area (Å²) in [6.45, 7) is 4.21. The van der Waals surface area contributed by atoms with Gasteiger partial charge in [0.05, 0.1) is 11.9 Å². The van der Waals surface area contributed by atoms with Gasteiger partial charge in [0.15, 0.2) is 0 Å². The Bertz CT molecular complexity index is 701. The van der Waals surface area contributed by atoms with Gasteiger partial charge in [-0.25, -0.2) is 12.8 Å². The summed E-state index contributed by atoms with van der Waals surface area (Å²) in [6.07, 6.45) is 4.17. The third-order valence-electron chi connectivity index (χ3n) is 4.86. The van der Waals surface area contributed by atoms with Gasteiger partial charge < -0.3 is 10.2 Å². The first kappa shape index (κ1) is 20.6. The van der Waals surface area contributed by atoms with Gasteiger partial charge in [-0.3, -0.25) is 9.10 Å². The summed E-state index contributed by atoms with van der Waals surface area (Å²) in [6, 6.07) is 4.17. The molecule has 146 valence electrons. The Kier molecular flexibility index (Phi) is 7.00. The molecule has 1 saturated heterocycles. The van der Waals surface area contributed by atoms with E-state index in [1.807, 2.05) is 0 Å². The van der Waals surface area contributed by atoms with Gasteiger partial charge in [-0.2, -0.15) is 0 Å². The van der Waals surface area contributed by atoms with E-state index in [0.717, 1.165) is 42.9 Å². The Balaban J connectivity index is 1.96. The maximum Gasteiger partial charge on any atom is 0.243 e. The predicted octanol–water partition coefficient (Wildman–Crippen LogP) is 1.83. The number of hydrogen-bond donors (Lipinski definition) is 1. The molecule has 1 aliphatic heterocycles. The molecular weight excluding hydrogens is 357 g/mol. The number of likely N-dealkylation sites (tertiary alicyclic amines) is 1. The highest BCUT2D eigenvalue weighted by molar-refractivity contribution is 7.92. The van der Waals surface area contributed by atoms with E-state index in [4.69, 9.17) is 0 Å². The molecule has 1 aromatic carbocycles. The molecule has 1 heterocycles. The predicted molar refractivity (Wildman–Crippen MR) is 101 cm³/mol. The standard InChI is InChI=1S/C18H28FN3O3S/c1-14(18(23)20-11-8-15-9-12-21(2)13-10-15)22(26(3,24)25)17-6-4-16(19)5-7-17/h4-7,14-15H,8-13H2,1-3H3,(H,20,23)/t14-/m1/s1. The van der Waals surface area contributed by atoms with Crippen molar-refractivity contribution in [2.75, 3.05) is 37.2 Å². The number of sulfonamides is 1. The number of benzene rings is 1. The summed E-state index contributed by atoms with van der Waals surface area (Å²) in [4.78, 5) is 14.8. The number of carbonyl (C=O) groups excluding carboxylic acids is 1. The normalized spacial score (nSPS) is 17.7. The van der Waals surface area contributed by atoms with Crippen LogP contribution >= 0.6 is 0 Å². The van der Waals surface area contributed by atoms with Gasteiger partial charge in [0.25, 0.3) is 0 Å². The van der Waals surface area contributed by atoms with Crippen LogP contribution in [0.15, 0.2) is 24.3 Å². The molecule has 1 aliphatic rings. The van der Waals surface area contributed by atoms with Crippen molar-refractivity contribution in [1.82, 2.24) is 10.2 Å². The first-order chi connectivity index (χ1) is 12.2. The Hall–Kier alpha value is -1.67. The van der Waals surface area contributed by atoms with Gasteiger partial charge in [0.2, 0.25) is 15.9 Å². The molecule has 26 heavy (non-hydrogen) atoms. The first-order valence-corrected chi connectivity index (χ1v) is 10.7. The van der Waals surface area contributed by atoms with Gasteiger partial charge in [-0.1, -0.05) is 0 Å². The summed E-state index contributed by atoms with van der Waals surface area (Å²) in [7, 11) is -1.58. The fourth-order valence-corrected chi connectivity index (χ4v) is 4.47. The van der Waals surface area contributed by atoms with Crippen LogP contribution in [0.2, 0.25) is 0 Å². The molecule has 0 radical (unpaired) electrons. The van der Waals surface area contributed by atoms with Crippen LogP contribution in [0.4, 0.5) is 10.1 Å². The molecule has 0 aromatic heterocycles. The zero-order chi connectivity index (χ0) is 19.3. The number of nitrogens with zero attached hydrogens (tertiary/aromatic N) is 2. The average molecular weight is 386 g/mol. The largest absolute Gasteiger partial charge is 0.354 e. The van der Waals surface area contributed by atoms with Crippen molar-refractivity contribution in [3.05, 3.63) is 30.1 Å². The molecule has 0 bridgehead atoms. The summed E-state index contributed by atoms with van der Waals surface area (Å²) in [5.41, 5.74) is 0.270. The number of rotatable bonds is 7. The maximum absolute atomic E-state index is 13.1. The maximum atomic E-state index is 13.1. The molecule has 1 amide bonds. The number of piperidine rings is 1. The monoisotopic (exact) mass is 385 g/mol. The molecule has 1 atom stereocenters. The lowest BCUT2D eigenvalue weighted by molar-refractivity contribution is -0.121. The third kappa shape index (κ3) is 5.67. The van der Waals surface area contributed by atoms with E-state index >= 15 is 0 Å². The molecule has 1 N–H and O–H groups in total. The van der Waals surface area contributed by atoms with E-state index < -0.39 is 21.9 Å². The lowest BCUT2D eigenvalue weighted by Gasteiger charge is -2.30. The second-order valence-corrected chi connectivity index (χ2v) is 8.90. The van der Waals surface area contributed by atoms with Gasteiger partial charge in [0, 0.05) is 6.54 Å². The summed E-state index contributed by atoms with van der Waals surface area (Å²) in [5.74, 6) is -0.227. The molecule has 8 heteroatoms. The number of carbonyl (C=O) groups is 1. The van der Waals surface area contributed by atoms with Crippen LogP contribution in [0.1, 0.15) is 26.2 Å². The van der Waals surface area contributed by atoms with Gasteiger partial charge in [0.1, 0.15) is 11.9 Å². The van der Waals surface area contributed by atoms with Crippen LogP contribution in [-0.4, -0.2) is 58.2 Å². The minimum atomic E-state index is -3.68. The van der Waals surface area contributed by atoms with Crippen LogP contribution in [-0.2, 0) is 14.8 Å². The van der Waals surface area contributed by atoms with Crippen LogP contribution < -0.4 is 9.62 Å². The quantitative estimate of drug-likeness (QED) is 0.777. The van der Waals surface area contributed by atoms with Crippen molar-refractivity contribution in [2.24, 2.45) is 5.92 Å². The van der Waals surface area contributed by atoms with Crippen molar-refractivity contribution in [2.45, 2.75) is 32.2 Å². The molecule has 0 aliphatic carbocycles. The van der Waals surface area contributed by atoms with Gasteiger partial charge in [-0.05, 0) is 76.5 Å². The fraction of sp³-hybridized carbons (Fsp3) is 0.611. The second kappa shape index (κ2) is 8.81. The Labute approximate surface area is 155 Å². The minimum absolute atomic E-state index is 0.270. The topological polar surface area (TPSA) is 69.7 Å². The van der Waals surface area contributed by atoms with Gasteiger partial charge in [-0.15, -0.1) is 0 Å². The highest BCUT2D eigenvalue weighted by atomic mass is 32.2. The minimum Gasteiger partial charge on any atom is -0.354 e. The summed E-state index contributed by atoms with van der Waals surface area (Å²) in [5, 5.41) is 2.84. The van der Waals surface area contributed by atoms with Crippen LogP contribution in [0, 0.1) is 11.7 Å². The highest BCUT2D eigenvalue weighted by Gasteiger charge is 2.29. The fourth-order valence-electron chi connectivity index (χ4n) is 3.29. The van der Waals surface area contributed by atoms with E-state index in [0.29, 0.717) is 12.5 Å². The van der Waals surface area contributed by atoms with Crippen LogP contribution in [0.3, 0.4) is 0 Å². The van der Waals surface area contributed by atoms with E-state index in [2.05, 4.69) is 17.3 Å². The number of nitrogens with one attached hydrogen (secondary N) is 1. The van der Waals surface area contributed by atoms with E-state index in [-0.39, 0.29) is 11.6 Å². The van der Waals surface area contributed by atoms with Crippen molar-refractivity contribution in [1.29, 1.82) is 0 Å². The molecule has 0 unspecified atom stereocenters. The SMILES string of the molecule is C[C@H](C(=O)NCCC1CCN(C)CC1)N(c1ccc(F)cc1)S(C)(=O)=O. The van der Waals surface area contributed by atoms with Crippen LogP contribution in [0.25, 0.3) is 0 Å². The van der Waals surface area contributed by atoms with Crippen molar-refractivity contribution in [3.63, 3.8) is 0 Å². The number of anilines is 1. The first-order valence-electron chi connectivity index (χ1n) is 8.89. The lowest BCUT2D eigenvalue weighted by Crippen LogP contribution is -2.48. The smallest absolute Gasteiger partial charge is 0.243 e. The highest BCUT2D eigenvalue weighted by Crippen LogP contribution is 2.22. The Morgan fingerprint density at radius 2 is 1.88 bits per heavy atom. The van der Waals surface area contributed by atoms with E-state index in [1.54, 1.807) is 0 Å². The number of halogens is 1. The Morgan fingerprint density at radius 3 is 2.42 bits per heavy atom. The zero-order valence-electron chi connectivity index (χ0n) is 15.6. The van der Waals surface area contributed by atoms with Gasteiger partial charge >= 0.3 is 0 Å². The van der Waals surface area contributed by atoms with E-state index in [1.165, 1.54) is 31.2 Å². The number of hydrogen-bond acceptors (Lipinski definition) is 4. The van der Waals surface area contributed by atoms with Crippen molar-refractivity contribution in [3.8, 4) is 0 Å². The lowest BCUT2D eigenvalue weighted by atomic mass is 9.94. The van der Waals surface area contributed by atoms with Crippen molar-refractivity contribution < 1.29 is 17.6 Å². The summed E-state index contributed by atoms with van der Waals surface area (Å²) < 4.78 is 38.5. The summed E-state index contributed by atoms with van der Waals surface area (Å²) >= 11 is 0. The van der Waals surface area contributed by atoms with E-state index in [9.17, 15) is 17.6 Å². The molecular formula is C18H28FN3O3S. The second-order valence-electron chi connectivity index (χ2n) is 7.04. The molecule has 0 spiro atoms. The van der Waals surface area contributed by atoms with Crippen molar-refractivity contribution >= 4 is 21.6 Å². The average Bonchev–Trinajstić information content (AvgIpc) is 2.57. The number of amides is 1. The zero-order valence-corrected chi connectivity index (χ0v) is 16.4. The molecule has 1 aromatic rings. The molecule has 2 rings (SSSR count). The Morgan fingerprint density at radius 1 is 1.31 bits per heavy atom. The third-order valence-corrected chi connectivity index (χ3v) is 6.10. The molecule has 0 saturated carbocycles. The molecule has 1 fully saturated rings. The molecule has 6 nitrogen and oxygen atoms in total.